The van der Waals surface area contributed by atoms with Crippen molar-refractivity contribution in [3.63, 3.8) is 0 Å². The number of methoxy groups -OCH3 is 1. The number of Topliss-reactive ketones (excluding diaryl/α,β-unsaturated/α-hetero) is 1. The second-order valence-corrected chi connectivity index (χ2v) is 4.13. The molecule has 0 saturated heterocycles. The highest BCUT2D eigenvalue weighted by atomic mass is 16.6. The molecule has 0 radical (unpaired) electrons. The number of rotatable bonds is 2. The summed E-state index contributed by atoms with van der Waals surface area (Å²) in [5.41, 5.74) is 2.57. The van der Waals surface area contributed by atoms with Crippen LogP contribution in [0.3, 0.4) is 0 Å². The number of carbonyl (C=O) groups is 1. The minimum atomic E-state index is -0.899. The van der Waals surface area contributed by atoms with Crippen LogP contribution in [-0.2, 0) is 11.2 Å². The number of ketones is 1. The molecule has 1 aromatic carbocycles. The number of benzene rings is 1. The number of aliphatic hydroxyl groups is 1. The molecule has 1 aliphatic carbocycles. The fourth-order valence-corrected chi connectivity index (χ4v) is 2.12. The normalized spacial score (nSPS) is 17.8. The molecule has 3 heteroatoms. The lowest BCUT2D eigenvalue weighted by atomic mass is 9.99. The molecule has 0 amide bonds. The van der Waals surface area contributed by atoms with Crippen LogP contribution in [0, 0.1) is 0 Å². The third kappa shape index (κ3) is 2.15. The summed E-state index contributed by atoms with van der Waals surface area (Å²) in [4.78, 5) is 11.8. The molecule has 0 aliphatic heterocycles. The van der Waals surface area contributed by atoms with Crippen LogP contribution < -0.4 is 0 Å². The summed E-state index contributed by atoms with van der Waals surface area (Å²) in [5, 5.41) is 9.56. The Kier molecular flexibility index (Phi) is 3.36. The summed E-state index contributed by atoms with van der Waals surface area (Å²) in [5.74, 6) is 0.214. The fraction of sp³-hybridized carbons (Fsp3) is 0.462. The van der Waals surface area contributed by atoms with E-state index in [9.17, 15) is 9.90 Å². The number of carbonyl (C=O) groups excluding carboxylic acids is 1. The second-order valence-electron chi connectivity index (χ2n) is 4.13. The zero-order valence-corrected chi connectivity index (χ0v) is 9.40. The monoisotopic (exact) mass is 220 g/mol. The van der Waals surface area contributed by atoms with E-state index in [-0.39, 0.29) is 5.78 Å². The van der Waals surface area contributed by atoms with Crippen molar-refractivity contribution in [2.24, 2.45) is 0 Å². The molecule has 1 aromatic rings. The van der Waals surface area contributed by atoms with Gasteiger partial charge in [-0.25, -0.2) is 0 Å². The lowest BCUT2D eigenvalue weighted by molar-refractivity contribution is -0.0769. The molecule has 1 N–H and O–H groups in total. The van der Waals surface area contributed by atoms with Crippen molar-refractivity contribution < 1.29 is 14.6 Å². The van der Waals surface area contributed by atoms with Gasteiger partial charge in [0.1, 0.15) is 0 Å². The Bertz CT molecular complexity index is 398. The number of fused-ring (bicyclic) bond motifs is 1. The van der Waals surface area contributed by atoms with E-state index in [4.69, 9.17) is 4.74 Å². The Morgan fingerprint density at radius 3 is 2.81 bits per heavy atom. The van der Waals surface area contributed by atoms with Crippen molar-refractivity contribution in [3.8, 4) is 0 Å². The molecular formula is C13H16O3. The average molecular weight is 220 g/mol. The Labute approximate surface area is 95.0 Å². The minimum absolute atomic E-state index is 0.214. The molecule has 0 bridgehead atoms. The first-order chi connectivity index (χ1) is 7.72. The number of aliphatic hydroxyl groups excluding tert-OH is 1. The highest BCUT2D eigenvalue weighted by Crippen LogP contribution is 2.24. The van der Waals surface area contributed by atoms with E-state index in [1.807, 2.05) is 6.07 Å². The summed E-state index contributed by atoms with van der Waals surface area (Å²) in [6, 6.07) is 5.45. The van der Waals surface area contributed by atoms with Crippen LogP contribution in [0.5, 0.6) is 0 Å². The van der Waals surface area contributed by atoms with E-state index < -0.39 is 6.29 Å². The average Bonchev–Trinajstić information content (AvgIpc) is 2.50. The zero-order chi connectivity index (χ0) is 11.5. The van der Waals surface area contributed by atoms with Crippen molar-refractivity contribution >= 4 is 5.78 Å². The van der Waals surface area contributed by atoms with Gasteiger partial charge in [-0.15, -0.1) is 0 Å². The van der Waals surface area contributed by atoms with Crippen LogP contribution in [0.4, 0.5) is 0 Å². The van der Waals surface area contributed by atoms with Crippen LogP contribution in [0.2, 0.25) is 0 Å². The van der Waals surface area contributed by atoms with Gasteiger partial charge in [-0.3, -0.25) is 4.79 Å². The molecule has 2 rings (SSSR count). The van der Waals surface area contributed by atoms with Crippen LogP contribution in [0.25, 0.3) is 0 Å². The highest BCUT2D eigenvalue weighted by molar-refractivity contribution is 5.97. The Balaban J connectivity index is 2.37. The molecule has 0 spiro atoms. The molecule has 0 fully saturated rings. The second kappa shape index (κ2) is 4.76. The molecule has 1 aliphatic rings. The maximum Gasteiger partial charge on any atom is 0.180 e. The Morgan fingerprint density at radius 2 is 2.06 bits per heavy atom. The Morgan fingerprint density at radius 1 is 1.31 bits per heavy atom. The maximum atomic E-state index is 11.8. The van der Waals surface area contributed by atoms with Crippen molar-refractivity contribution in [1.29, 1.82) is 0 Å². The lowest BCUT2D eigenvalue weighted by Gasteiger charge is -2.12. The Hall–Kier alpha value is -1.19. The minimum Gasteiger partial charge on any atom is -0.364 e. The molecule has 0 saturated carbocycles. The van der Waals surface area contributed by atoms with E-state index >= 15 is 0 Å². The first kappa shape index (κ1) is 11.3. The zero-order valence-electron chi connectivity index (χ0n) is 9.40. The summed E-state index contributed by atoms with van der Waals surface area (Å²) in [6.07, 6.45) is 2.63. The molecule has 3 nitrogen and oxygen atoms in total. The molecule has 16 heavy (non-hydrogen) atoms. The summed E-state index contributed by atoms with van der Waals surface area (Å²) >= 11 is 0. The summed E-state index contributed by atoms with van der Waals surface area (Å²) in [7, 11) is 1.46. The predicted octanol–water partition coefficient (Wildman–Crippen LogP) is 2.23. The van der Waals surface area contributed by atoms with Crippen molar-refractivity contribution in [2.45, 2.75) is 32.0 Å². The van der Waals surface area contributed by atoms with Gasteiger partial charge in [0.25, 0.3) is 0 Å². The third-order valence-corrected chi connectivity index (χ3v) is 3.04. The first-order valence-corrected chi connectivity index (χ1v) is 5.59. The van der Waals surface area contributed by atoms with Gasteiger partial charge >= 0.3 is 0 Å². The van der Waals surface area contributed by atoms with Gasteiger partial charge < -0.3 is 9.84 Å². The highest BCUT2D eigenvalue weighted by Gasteiger charge is 2.17. The summed E-state index contributed by atoms with van der Waals surface area (Å²) in [6.45, 7) is 0. The SMILES string of the molecule is COC(O)c1ccc2c(c1)CCCCC2=O. The molecule has 86 valence electrons. The van der Waals surface area contributed by atoms with Gasteiger partial charge in [0.15, 0.2) is 12.1 Å². The number of ether oxygens (including phenoxy) is 1. The lowest BCUT2D eigenvalue weighted by Crippen LogP contribution is -2.04. The van der Waals surface area contributed by atoms with E-state index in [1.165, 1.54) is 7.11 Å². The van der Waals surface area contributed by atoms with E-state index in [0.717, 1.165) is 36.0 Å². The number of aryl methyl sites for hydroxylation is 1. The molecule has 0 aromatic heterocycles. The van der Waals surface area contributed by atoms with Gasteiger partial charge in [0.05, 0.1) is 0 Å². The molecular weight excluding hydrogens is 204 g/mol. The van der Waals surface area contributed by atoms with Gasteiger partial charge in [-0.2, -0.15) is 0 Å². The quantitative estimate of drug-likeness (QED) is 0.614. The maximum absolute atomic E-state index is 11.8. The van der Waals surface area contributed by atoms with E-state index in [2.05, 4.69) is 0 Å². The van der Waals surface area contributed by atoms with Gasteiger partial charge in [0, 0.05) is 24.7 Å². The van der Waals surface area contributed by atoms with Crippen LogP contribution in [0.15, 0.2) is 18.2 Å². The van der Waals surface area contributed by atoms with Crippen molar-refractivity contribution in [1.82, 2.24) is 0 Å². The van der Waals surface area contributed by atoms with Gasteiger partial charge in [0.2, 0.25) is 0 Å². The van der Waals surface area contributed by atoms with Crippen LogP contribution in [-0.4, -0.2) is 18.0 Å². The first-order valence-electron chi connectivity index (χ1n) is 5.59. The topological polar surface area (TPSA) is 46.5 Å². The molecule has 1 atom stereocenters. The smallest absolute Gasteiger partial charge is 0.180 e. The largest absolute Gasteiger partial charge is 0.364 e. The third-order valence-electron chi connectivity index (χ3n) is 3.04. The van der Waals surface area contributed by atoms with Crippen molar-refractivity contribution in [2.75, 3.05) is 7.11 Å². The fourth-order valence-electron chi connectivity index (χ4n) is 2.12. The van der Waals surface area contributed by atoms with Crippen molar-refractivity contribution in [3.05, 3.63) is 34.9 Å². The number of hydrogen-bond acceptors (Lipinski definition) is 3. The number of hydrogen-bond donors (Lipinski definition) is 1. The predicted molar refractivity (Wildman–Crippen MR) is 60.3 cm³/mol. The van der Waals surface area contributed by atoms with E-state index in [1.54, 1.807) is 12.1 Å². The van der Waals surface area contributed by atoms with Crippen LogP contribution >= 0.6 is 0 Å². The summed E-state index contributed by atoms with van der Waals surface area (Å²) < 4.78 is 4.86. The molecule has 0 heterocycles. The van der Waals surface area contributed by atoms with E-state index in [0.29, 0.717) is 6.42 Å². The van der Waals surface area contributed by atoms with Crippen LogP contribution in [0.1, 0.15) is 47.0 Å². The van der Waals surface area contributed by atoms with Gasteiger partial charge in [-0.1, -0.05) is 18.2 Å². The molecule has 1 unspecified atom stereocenters. The van der Waals surface area contributed by atoms with Gasteiger partial charge in [-0.05, 0) is 24.8 Å². The standard InChI is InChI=1S/C13H16O3/c1-16-13(15)10-6-7-11-9(8-10)4-2-3-5-12(11)14/h6-8,13,15H,2-5H2,1H3.